The lowest BCUT2D eigenvalue weighted by molar-refractivity contribution is -0.118. The second kappa shape index (κ2) is 6.43. The largest absolute Gasteiger partial charge is 0.462 e. The van der Waals surface area contributed by atoms with Crippen molar-refractivity contribution in [2.75, 3.05) is 11.9 Å². The number of esters is 1. The Kier molecular flexibility index (Phi) is 4.34. The summed E-state index contributed by atoms with van der Waals surface area (Å²) in [6, 6.07) is 12.7. The molecular weight excluding hydrogens is 309 g/mol. The first-order chi connectivity index (χ1) is 11.6. The van der Waals surface area contributed by atoms with Crippen LogP contribution in [0.25, 0.3) is 0 Å². The SMILES string of the molecule is CCOC(=O)c1ccccc1NC(=O)C1(c2ccc(F)cc2)CC1. The molecule has 0 aliphatic heterocycles. The van der Waals surface area contributed by atoms with E-state index >= 15 is 0 Å². The van der Waals surface area contributed by atoms with E-state index < -0.39 is 11.4 Å². The van der Waals surface area contributed by atoms with E-state index in [2.05, 4.69) is 5.32 Å². The number of nitrogens with one attached hydrogen (secondary N) is 1. The number of hydrogen-bond donors (Lipinski definition) is 1. The van der Waals surface area contributed by atoms with Gasteiger partial charge in [-0.3, -0.25) is 4.79 Å². The molecule has 0 aromatic heterocycles. The predicted molar refractivity (Wildman–Crippen MR) is 88.3 cm³/mol. The van der Waals surface area contributed by atoms with Gasteiger partial charge < -0.3 is 10.1 Å². The van der Waals surface area contributed by atoms with Crippen molar-refractivity contribution in [2.45, 2.75) is 25.2 Å². The molecule has 0 radical (unpaired) electrons. The molecule has 0 bridgehead atoms. The Morgan fingerprint density at radius 3 is 2.42 bits per heavy atom. The van der Waals surface area contributed by atoms with Gasteiger partial charge in [0.05, 0.1) is 23.3 Å². The van der Waals surface area contributed by atoms with E-state index in [0.717, 1.165) is 5.56 Å². The van der Waals surface area contributed by atoms with Gasteiger partial charge >= 0.3 is 5.97 Å². The first kappa shape index (κ1) is 16.2. The van der Waals surface area contributed by atoms with E-state index in [4.69, 9.17) is 4.74 Å². The third-order valence-electron chi connectivity index (χ3n) is 4.25. The van der Waals surface area contributed by atoms with E-state index in [-0.39, 0.29) is 18.3 Å². The number of para-hydroxylation sites is 1. The highest BCUT2D eigenvalue weighted by Gasteiger charge is 2.51. The predicted octanol–water partition coefficient (Wildman–Crippen LogP) is 3.67. The summed E-state index contributed by atoms with van der Waals surface area (Å²) in [7, 11) is 0. The summed E-state index contributed by atoms with van der Waals surface area (Å²) in [6.07, 6.45) is 1.40. The van der Waals surface area contributed by atoms with Crippen LogP contribution in [0.2, 0.25) is 0 Å². The highest BCUT2D eigenvalue weighted by molar-refractivity contribution is 6.06. The molecule has 0 spiro atoms. The van der Waals surface area contributed by atoms with Crippen LogP contribution in [0.15, 0.2) is 48.5 Å². The summed E-state index contributed by atoms with van der Waals surface area (Å²) in [5.74, 6) is -0.992. The Hall–Kier alpha value is -2.69. The highest BCUT2D eigenvalue weighted by atomic mass is 19.1. The standard InChI is InChI=1S/C19H18FNO3/c1-2-24-17(22)15-5-3-4-6-16(15)21-18(23)19(11-12-19)13-7-9-14(20)10-8-13/h3-10H,2,11-12H2,1H3,(H,21,23). The van der Waals surface area contributed by atoms with Gasteiger partial charge in [-0.25, -0.2) is 9.18 Å². The smallest absolute Gasteiger partial charge is 0.340 e. The summed E-state index contributed by atoms with van der Waals surface area (Å²) in [5, 5.41) is 2.83. The highest BCUT2D eigenvalue weighted by Crippen LogP contribution is 2.49. The van der Waals surface area contributed by atoms with Crippen molar-refractivity contribution in [3.8, 4) is 0 Å². The minimum absolute atomic E-state index is 0.189. The lowest BCUT2D eigenvalue weighted by atomic mass is 9.94. The Morgan fingerprint density at radius 2 is 1.79 bits per heavy atom. The van der Waals surface area contributed by atoms with Crippen LogP contribution in [0.3, 0.4) is 0 Å². The zero-order valence-electron chi connectivity index (χ0n) is 13.3. The summed E-state index contributed by atoms with van der Waals surface area (Å²) < 4.78 is 18.1. The summed E-state index contributed by atoms with van der Waals surface area (Å²) >= 11 is 0. The maximum absolute atomic E-state index is 13.1. The topological polar surface area (TPSA) is 55.4 Å². The number of halogens is 1. The van der Waals surface area contributed by atoms with Crippen LogP contribution in [0.1, 0.15) is 35.7 Å². The van der Waals surface area contributed by atoms with Crippen molar-refractivity contribution in [3.63, 3.8) is 0 Å². The van der Waals surface area contributed by atoms with Crippen LogP contribution in [0.5, 0.6) is 0 Å². The van der Waals surface area contributed by atoms with Gasteiger partial charge in [-0.15, -0.1) is 0 Å². The molecule has 1 aliphatic rings. The fourth-order valence-corrected chi connectivity index (χ4v) is 2.76. The first-order valence-corrected chi connectivity index (χ1v) is 7.90. The van der Waals surface area contributed by atoms with E-state index in [1.807, 2.05) is 0 Å². The van der Waals surface area contributed by atoms with Crippen LogP contribution in [0.4, 0.5) is 10.1 Å². The Labute approximate surface area is 139 Å². The lowest BCUT2D eigenvalue weighted by Gasteiger charge is -2.17. The van der Waals surface area contributed by atoms with Crippen LogP contribution in [-0.2, 0) is 14.9 Å². The molecular formula is C19H18FNO3. The molecule has 3 rings (SSSR count). The Morgan fingerprint density at radius 1 is 1.12 bits per heavy atom. The van der Waals surface area contributed by atoms with Gasteiger partial charge in [0.25, 0.3) is 0 Å². The van der Waals surface area contributed by atoms with E-state index in [9.17, 15) is 14.0 Å². The fraction of sp³-hybridized carbons (Fsp3) is 0.263. The van der Waals surface area contributed by atoms with E-state index in [1.165, 1.54) is 12.1 Å². The number of ether oxygens (including phenoxy) is 1. The van der Waals surface area contributed by atoms with Gasteiger partial charge in [0.15, 0.2) is 0 Å². The second-order valence-electron chi connectivity index (χ2n) is 5.81. The molecule has 1 saturated carbocycles. The number of carbonyl (C=O) groups is 2. The van der Waals surface area contributed by atoms with Gasteiger partial charge in [-0.05, 0) is 49.6 Å². The molecule has 1 N–H and O–H groups in total. The second-order valence-corrected chi connectivity index (χ2v) is 5.81. The molecule has 1 fully saturated rings. The molecule has 4 nitrogen and oxygen atoms in total. The average molecular weight is 327 g/mol. The number of benzene rings is 2. The molecule has 0 unspecified atom stereocenters. The molecule has 2 aromatic rings. The molecule has 1 aliphatic carbocycles. The summed E-state index contributed by atoms with van der Waals surface area (Å²) in [5.41, 5.74) is 0.891. The van der Waals surface area contributed by atoms with Gasteiger partial charge in [0.1, 0.15) is 5.82 Å². The van der Waals surface area contributed by atoms with Gasteiger partial charge in [-0.2, -0.15) is 0 Å². The number of carbonyl (C=O) groups excluding carboxylic acids is 2. The number of anilines is 1. The molecule has 5 heteroatoms. The summed E-state index contributed by atoms with van der Waals surface area (Å²) in [4.78, 5) is 24.8. The molecule has 124 valence electrons. The zero-order valence-corrected chi connectivity index (χ0v) is 13.3. The van der Waals surface area contributed by atoms with Gasteiger partial charge in [0, 0.05) is 0 Å². The quantitative estimate of drug-likeness (QED) is 0.853. The van der Waals surface area contributed by atoms with Gasteiger partial charge in [0.2, 0.25) is 5.91 Å². The molecule has 1 amide bonds. The number of rotatable bonds is 5. The van der Waals surface area contributed by atoms with Crippen LogP contribution in [0, 0.1) is 5.82 Å². The summed E-state index contributed by atoms with van der Waals surface area (Å²) in [6.45, 7) is 1.99. The Bertz CT molecular complexity index is 766. The molecule has 24 heavy (non-hydrogen) atoms. The zero-order chi connectivity index (χ0) is 17.2. The van der Waals surface area contributed by atoms with Crippen molar-refractivity contribution in [3.05, 3.63) is 65.5 Å². The van der Waals surface area contributed by atoms with E-state index in [1.54, 1.807) is 43.3 Å². The maximum Gasteiger partial charge on any atom is 0.340 e. The average Bonchev–Trinajstić information content (AvgIpc) is 3.38. The lowest BCUT2D eigenvalue weighted by Crippen LogP contribution is -2.28. The van der Waals surface area contributed by atoms with E-state index in [0.29, 0.717) is 24.1 Å². The third kappa shape index (κ3) is 3.02. The third-order valence-corrected chi connectivity index (χ3v) is 4.25. The normalized spacial score (nSPS) is 14.8. The van der Waals surface area contributed by atoms with Crippen LogP contribution >= 0.6 is 0 Å². The Balaban J connectivity index is 1.83. The molecule has 2 aromatic carbocycles. The molecule has 0 heterocycles. The monoisotopic (exact) mass is 327 g/mol. The first-order valence-electron chi connectivity index (χ1n) is 7.90. The molecule has 0 saturated heterocycles. The number of amides is 1. The van der Waals surface area contributed by atoms with Crippen molar-refractivity contribution < 1.29 is 18.7 Å². The van der Waals surface area contributed by atoms with Crippen molar-refractivity contribution in [1.82, 2.24) is 0 Å². The van der Waals surface area contributed by atoms with Crippen molar-refractivity contribution in [2.24, 2.45) is 0 Å². The fourth-order valence-electron chi connectivity index (χ4n) is 2.76. The van der Waals surface area contributed by atoms with Crippen LogP contribution in [-0.4, -0.2) is 18.5 Å². The molecule has 0 atom stereocenters. The minimum Gasteiger partial charge on any atom is -0.462 e. The van der Waals surface area contributed by atoms with Crippen molar-refractivity contribution in [1.29, 1.82) is 0 Å². The van der Waals surface area contributed by atoms with Crippen molar-refractivity contribution >= 4 is 17.6 Å². The maximum atomic E-state index is 13.1. The number of hydrogen-bond acceptors (Lipinski definition) is 3. The van der Waals surface area contributed by atoms with Gasteiger partial charge in [-0.1, -0.05) is 24.3 Å². The minimum atomic E-state index is -0.643. The van der Waals surface area contributed by atoms with Crippen LogP contribution < -0.4 is 5.32 Å².